The molecule has 0 saturated carbocycles. The molecule has 144 valence electrons. The van der Waals surface area contributed by atoms with Gasteiger partial charge in [-0.3, -0.25) is 0 Å². The zero-order chi connectivity index (χ0) is 19.5. The van der Waals surface area contributed by atoms with Crippen LogP contribution in [0.5, 0.6) is 0 Å². The minimum absolute atomic E-state index is 0.115. The van der Waals surface area contributed by atoms with Gasteiger partial charge in [0.05, 0.1) is 5.69 Å². The number of hydrogen-bond donors (Lipinski definition) is 1. The monoisotopic (exact) mass is 397 g/mol. The first-order valence-corrected chi connectivity index (χ1v) is 9.40. The van der Waals surface area contributed by atoms with Gasteiger partial charge in [-0.25, -0.2) is 4.79 Å². The highest BCUT2D eigenvalue weighted by molar-refractivity contribution is 6.30. The molecule has 2 aromatic carbocycles. The topological polar surface area (TPSA) is 79.2 Å². The Kier molecular flexibility index (Phi) is 5.12. The second-order valence-electron chi connectivity index (χ2n) is 6.57. The normalized spacial score (nSPS) is 14.2. The van der Waals surface area contributed by atoms with E-state index >= 15 is 0 Å². The Labute approximate surface area is 167 Å². The van der Waals surface area contributed by atoms with E-state index < -0.39 is 0 Å². The van der Waals surface area contributed by atoms with E-state index in [2.05, 4.69) is 25.7 Å². The van der Waals surface area contributed by atoms with E-state index in [9.17, 15) is 4.79 Å². The smallest absolute Gasteiger partial charge is 0.321 e. The molecule has 4 rings (SSSR count). The number of nitrogens with zero attached hydrogens (tertiary/aromatic N) is 6. The van der Waals surface area contributed by atoms with Crippen molar-refractivity contribution in [1.82, 2.24) is 25.1 Å². The summed E-state index contributed by atoms with van der Waals surface area (Å²) in [6.07, 6.45) is 0. The molecule has 3 aromatic rings. The van der Waals surface area contributed by atoms with Gasteiger partial charge in [-0.1, -0.05) is 23.7 Å². The van der Waals surface area contributed by atoms with Crippen LogP contribution < -0.4 is 10.2 Å². The second-order valence-corrected chi connectivity index (χ2v) is 7.01. The van der Waals surface area contributed by atoms with E-state index in [1.807, 2.05) is 60.4 Å². The van der Waals surface area contributed by atoms with Crippen molar-refractivity contribution in [2.24, 2.45) is 0 Å². The number of halogens is 1. The van der Waals surface area contributed by atoms with Crippen molar-refractivity contribution in [2.45, 2.75) is 6.92 Å². The van der Waals surface area contributed by atoms with Gasteiger partial charge in [0.1, 0.15) is 0 Å². The first kappa shape index (κ1) is 18.2. The molecule has 1 fully saturated rings. The lowest BCUT2D eigenvalue weighted by molar-refractivity contribution is 0.208. The number of carbonyl (C=O) groups excluding carboxylic acids is 1. The molecule has 2 heterocycles. The Morgan fingerprint density at radius 3 is 2.50 bits per heavy atom. The molecule has 0 atom stereocenters. The Morgan fingerprint density at radius 1 is 1.04 bits per heavy atom. The maximum atomic E-state index is 12.7. The number of aromatic nitrogens is 4. The molecule has 0 bridgehead atoms. The van der Waals surface area contributed by atoms with Crippen molar-refractivity contribution in [3.05, 3.63) is 59.4 Å². The van der Waals surface area contributed by atoms with E-state index in [-0.39, 0.29) is 6.03 Å². The maximum Gasteiger partial charge on any atom is 0.321 e. The highest BCUT2D eigenvalue weighted by Crippen LogP contribution is 2.21. The van der Waals surface area contributed by atoms with Crippen molar-refractivity contribution in [3.8, 4) is 5.69 Å². The van der Waals surface area contributed by atoms with Crippen LogP contribution in [0.4, 0.5) is 16.2 Å². The molecule has 1 saturated heterocycles. The number of piperazine rings is 1. The van der Waals surface area contributed by atoms with Crippen LogP contribution in [0.3, 0.4) is 0 Å². The molecule has 28 heavy (non-hydrogen) atoms. The number of amides is 2. The summed E-state index contributed by atoms with van der Waals surface area (Å²) in [7, 11) is 0. The van der Waals surface area contributed by atoms with E-state index in [1.54, 1.807) is 4.68 Å². The largest absolute Gasteiger partial charge is 0.368 e. The van der Waals surface area contributed by atoms with Crippen molar-refractivity contribution in [1.29, 1.82) is 0 Å². The van der Waals surface area contributed by atoms with Crippen LogP contribution in [-0.4, -0.2) is 57.3 Å². The zero-order valence-corrected chi connectivity index (χ0v) is 16.2. The van der Waals surface area contributed by atoms with Gasteiger partial charge < -0.3 is 15.1 Å². The highest BCUT2D eigenvalue weighted by atomic mass is 35.5. The van der Waals surface area contributed by atoms with Crippen LogP contribution in [0.15, 0.2) is 48.5 Å². The predicted molar refractivity (Wildman–Crippen MR) is 108 cm³/mol. The summed E-state index contributed by atoms with van der Waals surface area (Å²) in [4.78, 5) is 16.7. The fourth-order valence-electron chi connectivity index (χ4n) is 3.23. The summed E-state index contributed by atoms with van der Waals surface area (Å²) in [5.74, 6) is 0.681. The molecule has 8 nitrogen and oxygen atoms in total. The SMILES string of the molecule is Cc1nnnn1-c1cccc(NC(=O)N2CCN(c3cccc(Cl)c3)CC2)c1. The molecular formula is C19H20ClN7O. The molecule has 1 N–H and O–H groups in total. The van der Waals surface area contributed by atoms with E-state index in [1.165, 1.54) is 0 Å². The van der Waals surface area contributed by atoms with Gasteiger partial charge in [-0.15, -0.1) is 5.10 Å². The molecule has 0 unspecified atom stereocenters. The molecule has 1 aliphatic rings. The van der Waals surface area contributed by atoms with Crippen molar-refractivity contribution >= 4 is 29.0 Å². The lowest BCUT2D eigenvalue weighted by Gasteiger charge is -2.36. The lowest BCUT2D eigenvalue weighted by atomic mass is 10.2. The van der Waals surface area contributed by atoms with Crippen LogP contribution in [0, 0.1) is 6.92 Å². The first-order valence-electron chi connectivity index (χ1n) is 9.02. The summed E-state index contributed by atoms with van der Waals surface area (Å²) in [6, 6.07) is 15.1. The number of carbonyl (C=O) groups is 1. The maximum absolute atomic E-state index is 12.7. The third-order valence-corrected chi connectivity index (χ3v) is 4.94. The predicted octanol–water partition coefficient (Wildman–Crippen LogP) is 2.98. The van der Waals surface area contributed by atoms with Gasteiger partial charge in [-0.2, -0.15) is 4.68 Å². The van der Waals surface area contributed by atoms with E-state index in [0.29, 0.717) is 24.6 Å². The zero-order valence-electron chi connectivity index (χ0n) is 15.4. The van der Waals surface area contributed by atoms with Crippen molar-refractivity contribution in [2.75, 3.05) is 36.4 Å². The molecule has 1 aromatic heterocycles. The molecule has 0 spiro atoms. The average Bonchev–Trinajstić information content (AvgIpc) is 3.14. The minimum atomic E-state index is -0.115. The third-order valence-electron chi connectivity index (χ3n) is 4.71. The van der Waals surface area contributed by atoms with E-state index in [4.69, 9.17) is 11.6 Å². The summed E-state index contributed by atoms with van der Waals surface area (Å²) in [6.45, 7) is 4.63. The first-order chi connectivity index (χ1) is 13.6. The minimum Gasteiger partial charge on any atom is -0.368 e. The number of hydrogen-bond acceptors (Lipinski definition) is 5. The Hall–Kier alpha value is -3.13. The number of aryl methyl sites for hydroxylation is 1. The van der Waals surface area contributed by atoms with Crippen LogP contribution in [-0.2, 0) is 0 Å². The van der Waals surface area contributed by atoms with Gasteiger partial charge in [0, 0.05) is 42.6 Å². The molecule has 0 aliphatic carbocycles. The number of rotatable bonds is 3. The van der Waals surface area contributed by atoms with Gasteiger partial charge >= 0.3 is 6.03 Å². The number of urea groups is 1. The number of benzene rings is 2. The Bertz CT molecular complexity index is 982. The summed E-state index contributed by atoms with van der Waals surface area (Å²) in [5.41, 5.74) is 2.58. The summed E-state index contributed by atoms with van der Waals surface area (Å²) in [5, 5.41) is 15.2. The molecule has 9 heteroatoms. The molecule has 1 aliphatic heterocycles. The van der Waals surface area contributed by atoms with Crippen LogP contribution >= 0.6 is 11.6 Å². The van der Waals surface area contributed by atoms with E-state index in [0.717, 1.165) is 29.5 Å². The second kappa shape index (κ2) is 7.85. The number of nitrogens with one attached hydrogen (secondary N) is 1. The van der Waals surface area contributed by atoms with Crippen molar-refractivity contribution in [3.63, 3.8) is 0 Å². The quantitative estimate of drug-likeness (QED) is 0.735. The molecule has 0 radical (unpaired) electrons. The van der Waals surface area contributed by atoms with Crippen LogP contribution in [0.1, 0.15) is 5.82 Å². The lowest BCUT2D eigenvalue weighted by Crippen LogP contribution is -2.50. The van der Waals surface area contributed by atoms with Crippen LogP contribution in [0.25, 0.3) is 5.69 Å². The highest BCUT2D eigenvalue weighted by Gasteiger charge is 2.21. The van der Waals surface area contributed by atoms with Crippen molar-refractivity contribution < 1.29 is 4.79 Å². The Balaban J connectivity index is 1.38. The molecular weight excluding hydrogens is 378 g/mol. The van der Waals surface area contributed by atoms with Gasteiger partial charge in [0.15, 0.2) is 5.82 Å². The third kappa shape index (κ3) is 3.91. The standard InChI is InChI=1S/C19H20ClN7O/c1-14-22-23-24-27(14)18-7-3-5-16(13-18)21-19(28)26-10-8-25(9-11-26)17-6-2-4-15(20)12-17/h2-7,12-13H,8-11H2,1H3,(H,21,28). The van der Waals surface area contributed by atoms with Gasteiger partial charge in [0.2, 0.25) is 0 Å². The van der Waals surface area contributed by atoms with Gasteiger partial charge in [-0.05, 0) is 53.7 Å². The molecule has 2 amide bonds. The number of tetrazole rings is 1. The average molecular weight is 398 g/mol. The number of anilines is 2. The van der Waals surface area contributed by atoms with Crippen LogP contribution in [0.2, 0.25) is 5.02 Å². The summed E-state index contributed by atoms with van der Waals surface area (Å²) < 4.78 is 1.62. The fourth-order valence-corrected chi connectivity index (χ4v) is 3.41. The summed E-state index contributed by atoms with van der Waals surface area (Å²) >= 11 is 6.08. The Morgan fingerprint density at radius 2 is 1.79 bits per heavy atom. The fraction of sp³-hybridized carbons (Fsp3) is 0.263. The van der Waals surface area contributed by atoms with Gasteiger partial charge in [0.25, 0.3) is 0 Å².